The molecule has 0 saturated carbocycles. The minimum Gasteiger partial charge on any atom is -0.309 e. The zero-order chi connectivity index (χ0) is 44.9. The van der Waals surface area contributed by atoms with E-state index in [0.717, 1.165) is 46.7 Å². The molecule has 0 radical (unpaired) electrons. The molecule has 10 aromatic carbocycles. The highest BCUT2D eigenvalue weighted by Crippen LogP contribution is 2.55. The highest BCUT2D eigenvalue weighted by molar-refractivity contribution is 6.09. The monoisotopic (exact) mass is 856 g/mol. The maximum absolute atomic E-state index is 4.09. The molecule has 0 unspecified atom stereocenters. The van der Waals surface area contributed by atoms with Crippen LogP contribution in [-0.2, 0) is 18.3 Å². The van der Waals surface area contributed by atoms with Gasteiger partial charge in [-0.3, -0.25) is 0 Å². The van der Waals surface area contributed by atoms with E-state index in [4.69, 9.17) is 0 Å². The van der Waals surface area contributed by atoms with Gasteiger partial charge in [-0.15, -0.1) is 0 Å². The summed E-state index contributed by atoms with van der Waals surface area (Å²) in [7, 11) is 0. The van der Waals surface area contributed by atoms with Crippen LogP contribution >= 0.6 is 0 Å². The number of para-hydroxylation sites is 3. The summed E-state index contributed by atoms with van der Waals surface area (Å²) in [5.74, 6) is 0. The molecule has 0 spiro atoms. The van der Waals surface area contributed by atoms with Crippen LogP contribution in [0.3, 0.4) is 0 Å². The Hall–Kier alpha value is -8.46. The van der Waals surface area contributed by atoms with Crippen molar-refractivity contribution < 1.29 is 0 Å². The van der Waals surface area contributed by atoms with Crippen molar-refractivity contribution in [2.45, 2.75) is 18.3 Å². The first-order valence-corrected chi connectivity index (χ1v) is 23.2. The third kappa shape index (κ3) is 6.80. The maximum Gasteiger partial charge on any atom is 0.0541 e. The third-order valence-electron chi connectivity index (χ3n) is 14.1. The molecule has 12 rings (SSSR count). The summed E-state index contributed by atoms with van der Waals surface area (Å²) in [6, 6.07) is 85.3. The number of nitrogens with zero attached hydrogens (tertiary/aromatic N) is 2. The van der Waals surface area contributed by atoms with Gasteiger partial charge in [0.05, 0.1) is 22.4 Å². The average Bonchev–Trinajstić information content (AvgIpc) is 3.86. The molecule has 0 bridgehead atoms. The highest BCUT2D eigenvalue weighted by Gasteiger charge is 2.44. The van der Waals surface area contributed by atoms with E-state index in [1.54, 1.807) is 0 Å². The van der Waals surface area contributed by atoms with Gasteiger partial charge in [0.25, 0.3) is 0 Å². The first-order valence-electron chi connectivity index (χ1n) is 23.2. The van der Waals surface area contributed by atoms with Crippen LogP contribution in [-0.4, -0.2) is 4.57 Å². The van der Waals surface area contributed by atoms with Gasteiger partial charge in [0.1, 0.15) is 0 Å². The zero-order valence-corrected chi connectivity index (χ0v) is 37.3. The van der Waals surface area contributed by atoms with Gasteiger partial charge in [0, 0.05) is 38.5 Å². The van der Waals surface area contributed by atoms with E-state index in [1.807, 2.05) is 12.2 Å². The lowest BCUT2D eigenvalue weighted by Gasteiger charge is -2.35. The number of aromatic nitrogens is 1. The molecule has 11 aromatic rings. The fourth-order valence-electron chi connectivity index (χ4n) is 11.0. The molecule has 0 atom stereocenters. The van der Waals surface area contributed by atoms with Gasteiger partial charge in [0.15, 0.2) is 0 Å². The van der Waals surface area contributed by atoms with Crippen molar-refractivity contribution >= 4 is 61.8 Å². The molecule has 1 aliphatic rings. The largest absolute Gasteiger partial charge is 0.309 e. The molecule has 318 valence electrons. The Labute approximate surface area is 392 Å². The molecule has 0 fully saturated rings. The zero-order valence-electron chi connectivity index (χ0n) is 37.3. The molecule has 1 aliphatic carbocycles. The average molecular weight is 857 g/mol. The second-order valence-corrected chi connectivity index (χ2v) is 17.9. The van der Waals surface area contributed by atoms with Crippen LogP contribution in [0.25, 0.3) is 72.7 Å². The summed E-state index contributed by atoms with van der Waals surface area (Å²) in [6.45, 7) is 8.18. The van der Waals surface area contributed by atoms with Crippen molar-refractivity contribution in [2.75, 3.05) is 4.90 Å². The molecule has 67 heavy (non-hydrogen) atoms. The van der Waals surface area contributed by atoms with Gasteiger partial charge < -0.3 is 9.47 Å². The quantitative estimate of drug-likeness (QED) is 0.126. The fraction of sp³-hybridized carbons (Fsp3) is 0.0462. The molecular weight excluding hydrogens is 809 g/mol. The van der Waals surface area contributed by atoms with Gasteiger partial charge in [-0.1, -0.05) is 207 Å². The predicted octanol–water partition coefficient (Wildman–Crippen LogP) is 17.1. The highest BCUT2D eigenvalue weighted by atomic mass is 15.1. The van der Waals surface area contributed by atoms with Crippen LogP contribution < -0.4 is 4.90 Å². The minimum absolute atomic E-state index is 0.468. The Morgan fingerprint density at radius 1 is 0.418 bits per heavy atom. The first kappa shape index (κ1) is 40.1. The van der Waals surface area contributed by atoms with E-state index in [9.17, 15) is 0 Å². The van der Waals surface area contributed by atoms with Crippen LogP contribution in [0.4, 0.5) is 17.1 Å². The van der Waals surface area contributed by atoms with Gasteiger partial charge in [0.2, 0.25) is 0 Å². The van der Waals surface area contributed by atoms with Crippen LogP contribution in [0.5, 0.6) is 0 Å². The number of anilines is 3. The molecule has 0 amide bonds. The van der Waals surface area contributed by atoms with Gasteiger partial charge in [-0.2, -0.15) is 0 Å². The summed E-state index contributed by atoms with van der Waals surface area (Å²) >= 11 is 0. The summed E-state index contributed by atoms with van der Waals surface area (Å²) < 4.78 is 2.46. The topological polar surface area (TPSA) is 8.17 Å². The molecular formula is C65H48N2. The van der Waals surface area contributed by atoms with E-state index < -0.39 is 5.41 Å². The molecule has 1 aromatic heterocycles. The standard InChI is InChI=1S/C65H48N2/c1-3-45-29-33-47(34-30-45)43-65(44-48-35-31-46(4-2)32-36-48)59-41-51(66(62-28-16-20-50-19-8-9-21-54(50)62)61-25-13-10-22-53(61)49-17-6-5-7-18-49)37-39-55(59)56-40-38-52(42-60(56)65)67-63-26-14-11-23-57(63)58-24-12-15-27-64(58)67/h3-42H,1-2,43-44H2. The second kappa shape index (κ2) is 16.5. The van der Waals surface area contributed by atoms with Crippen molar-refractivity contribution in [2.24, 2.45) is 0 Å². The molecule has 1 heterocycles. The second-order valence-electron chi connectivity index (χ2n) is 17.9. The van der Waals surface area contributed by atoms with E-state index >= 15 is 0 Å². The summed E-state index contributed by atoms with van der Waals surface area (Å²) in [5, 5.41) is 4.91. The minimum atomic E-state index is -0.468. The van der Waals surface area contributed by atoms with E-state index in [-0.39, 0.29) is 0 Å². The van der Waals surface area contributed by atoms with Crippen LogP contribution in [0.15, 0.2) is 244 Å². The van der Waals surface area contributed by atoms with E-state index in [1.165, 1.54) is 77.1 Å². The molecule has 0 N–H and O–H groups in total. The Kier molecular flexibility index (Phi) is 9.88. The smallest absolute Gasteiger partial charge is 0.0541 e. The first-order chi connectivity index (χ1) is 33.1. The van der Waals surface area contributed by atoms with Crippen molar-refractivity contribution in [1.29, 1.82) is 0 Å². The Morgan fingerprint density at radius 2 is 0.940 bits per heavy atom. The Bertz CT molecular complexity index is 3550. The number of rotatable bonds is 11. The summed E-state index contributed by atoms with van der Waals surface area (Å²) in [4.78, 5) is 2.50. The molecule has 2 nitrogen and oxygen atoms in total. The fourth-order valence-corrected chi connectivity index (χ4v) is 11.0. The molecule has 2 heteroatoms. The summed E-state index contributed by atoms with van der Waals surface area (Å²) in [6.07, 6.45) is 5.45. The van der Waals surface area contributed by atoms with Crippen LogP contribution in [0, 0.1) is 0 Å². The van der Waals surface area contributed by atoms with E-state index in [2.05, 4.69) is 253 Å². The molecule has 0 aliphatic heterocycles. The Morgan fingerprint density at radius 3 is 1.60 bits per heavy atom. The SMILES string of the molecule is C=Cc1ccc(CC2(Cc3ccc(C=C)cc3)c3cc(N(c4ccccc4-c4ccccc4)c4cccc5ccccc45)ccc3-c3ccc(-n4c5ccccc5c5ccccc54)cc32)cc1. The normalized spacial score (nSPS) is 12.5. The van der Waals surface area contributed by atoms with Crippen LogP contribution in [0.2, 0.25) is 0 Å². The lowest BCUT2D eigenvalue weighted by Crippen LogP contribution is -2.31. The number of hydrogen-bond acceptors (Lipinski definition) is 1. The lowest BCUT2D eigenvalue weighted by molar-refractivity contribution is 0.520. The van der Waals surface area contributed by atoms with E-state index in [0.29, 0.717) is 0 Å². The third-order valence-corrected chi connectivity index (χ3v) is 14.1. The van der Waals surface area contributed by atoms with Gasteiger partial charge >= 0.3 is 0 Å². The Balaban J connectivity index is 1.14. The van der Waals surface area contributed by atoms with Crippen molar-refractivity contribution in [3.63, 3.8) is 0 Å². The number of benzene rings is 10. The van der Waals surface area contributed by atoms with Crippen molar-refractivity contribution in [1.82, 2.24) is 4.57 Å². The van der Waals surface area contributed by atoms with Gasteiger partial charge in [-0.25, -0.2) is 0 Å². The van der Waals surface area contributed by atoms with Gasteiger partial charge in [-0.05, 0) is 117 Å². The number of hydrogen-bond donors (Lipinski definition) is 0. The van der Waals surface area contributed by atoms with Crippen molar-refractivity contribution in [3.8, 4) is 27.9 Å². The molecule has 0 saturated heterocycles. The number of fused-ring (bicyclic) bond motifs is 7. The van der Waals surface area contributed by atoms with Crippen LogP contribution in [0.1, 0.15) is 33.4 Å². The van der Waals surface area contributed by atoms with Crippen molar-refractivity contribution in [3.05, 3.63) is 277 Å². The summed E-state index contributed by atoms with van der Waals surface area (Å²) in [5.41, 5.74) is 18.8. The lowest BCUT2D eigenvalue weighted by atomic mass is 9.69. The maximum atomic E-state index is 4.09. The predicted molar refractivity (Wildman–Crippen MR) is 285 cm³/mol.